The zero-order chi connectivity index (χ0) is 16.6. The first-order chi connectivity index (χ1) is 9.57. The zero-order valence-electron chi connectivity index (χ0n) is 13.8. The van der Waals surface area contributed by atoms with Crippen molar-refractivity contribution in [3.63, 3.8) is 0 Å². The van der Waals surface area contributed by atoms with E-state index >= 15 is 0 Å². The fourth-order valence-electron chi connectivity index (χ4n) is 1.41. The molecule has 0 spiro atoms. The first-order valence-electron chi connectivity index (χ1n) is 7.17. The fraction of sp³-hybridized carbons (Fsp3) is 0.733. The van der Waals surface area contributed by atoms with Gasteiger partial charge in [0, 0.05) is 0 Å². The molecule has 5 nitrogen and oxygen atoms in total. The minimum Gasteiger partial charge on any atom is -0.308 e. The van der Waals surface area contributed by atoms with Crippen LogP contribution >= 0.6 is 7.60 Å². The van der Waals surface area contributed by atoms with Crippen molar-refractivity contribution < 1.29 is 23.2 Å². The summed E-state index contributed by atoms with van der Waals surface area (Å²) in [4.78, 5) is 22.7. The van der Waals surface area contributed by atoms with Gasteiger partial charge in [-0.3, -0.25) is 14.2 Å². The second kappa shape index (κ2) is 9.29. The van der Waals surface area contributed by atoms with E-state index < -0.39 is 7.60 Å². The van der Waals surface area contributed by atoms with Gasteiger partial charge < -0.3 is 9.05 Å². The summed E-state index contributed by atoms with van der Waals surface area (Å²) in [5, 5.41) is 0. The van der Waals surface area contributed by atoms with Crippen LogP contribution in [0.2, 0.25) is 0 Å². The summed E-state index contributed by atoms with van der Waals surface area (Å²) in [7, 11) is -3.34. The molecule has 0 N–H and O–H groups in total. The molecule has 0 saturated carbocycles. The summed E-state index contributed by atoms with van der Waals surface area (Å²) >= 11 is 0. The number of allylic oxidation sites excluding steroid dienone is 2. The van der Waals surface area contributed by atoms with Crippen LogP contribution in [-0.4, -0.2) is 30.9 Å². The Bertz CT molecular complexity index is 405. The average Bonchev–Trinajstić information content (AvgIpc) is 2.33. The van der Waals surface area contributed by atoms with Gasteiger partial charge in [-0.05, 0) is 25.7 Å². The summed E-state index contributed by atoms with van der Waals surface area (Å²) < 4.78 is 23.5. The van der Waals surface area contributed by atoms with Crippen molar-refractivity contribution in [3.8, 4) is 0 Å². The number of carbonyl (C=O) groups excluding carboxylic acids is 2. The second-order valence-corrected chi connectivity index (χ2v) is 8.01. The lowest BCUT2D eigenvalue weighted by Crippen LogP contribution is -2.10. The third-order valence-corrected chi connectivity index (χ3v) is 4.20. The number of carbonyl (C=O) groups is 2. The summed E-state index contributed by atoms with van der Waals surface area (Å²) in [6.07, 6.45) is 1.30. The van der Waals surface area contributed by atoms with Crippen LogP contribution in [0.5, 0.6) is 0 Å². The number of hydrogen-bond acceptors (Lipinski definition) is 5. The first-order valence-corrected chi connectivity index (χ1v) is 8.90. The summed E-state index contributed by atoms with van der Waals surface area (Å²) in [6, 6.07) is 0. The van der Waals surface area contributed by atoms with Gasteiger partial charge in [-0.1, -0.05) is 33.8 Å². The monoisotopic (exact) mass is 318 g/mol. The molecule has 0 aromatic heterocycles. The van der Waals surface area contributed by atoms with Gasteiger partial charge in [-0.15, -0.1) is 0 Å². The maximum Gasteiger partial charge on any atom is 0.334 e. The highest BCUT2D eigenvalue weighted by molar-refractivity contribution is 7.54. The van der Waals surface area contributed by atoms with E-state index in [9.17, 15) is 14.2 Å². The average molecular weight is 318 g/mol. The third-order valence-electron chi connectivity index (χ3n) is 2.49. The van der Waals surface area contributed by atoms with Crippen LogP contribution in [0, 0.1) is 11.8 Å². The van der Waals surface area contributed by atoms with Crippen molar-refractivity contribution in [2.24, 2.45) is 11.8 Å². The maximum absolute atomic E-state index is 12.7. The van der Waals surface area contributed by atoms with E-state index in [1.54, 1.807) is 0 Å². The van der Waals surface area contributed by atoms with Crippen molar-refractivity contribution in [2.75, 3.05) is 19.4 Å². The van der Waals surface area contributed by atoms with Crippen molar-refractivity contribution in [2.45, 2.75) is 41.5 Å². The van der Waals surface area contributed by atoms with Crippen LogP contribution in [0.1, 0.15) is 41.5 Å². The van der Waals surface area contributed by atoms with E-state index in [1.807, 2.05) is 27.7 Å². The number of ketones is 2. The Kier molecular flexibility index (Phi) is 8.95. The highest BCUT2D eigenvalue weighted by Gasteiger charge is 2.25. The Morgan fingerprint density at radius 1 is 0.952 bits per heavy atom. The zero-order valence-corrected chi connectivity index (χ0v) is 14.7. The molecule has 0 aliphatic rings. The quantitative estimate of drug-likeness (QED) is 0.266. The molecule has 0 radical (unpaired) electrons. The molecule has 21 heavy (non-hydrogen) atoms. The van der Waals surface area contributed by atoms with Gasteiger partial charge in [0.15, 0.2) is 11.6 Å². The first kappa shape index (κ1) is 20.2. The lowest BCUT2D eigenvalue weighted by Gasteiger charge is -2.20. The fourth-order valence-corrected chi connectivity index (χ4v) is 3.15. The normalized spacial score (nSPS) is 11.8. The smallest absolute Gasteiger partial charge is 0.308 e. The molecular weight excluding hydrogens is 291 g/mol. The SMILES string of the molecule is CC(=O)C(=CCP(=O)(OCC(C)C)OCC(C)C)C(C)=O. The van der Waals surface area contributed by atoms with Crippen molar-refractivity contribution >= 4 is 19.2 Å². The predicted octanol–water partition coefficient (Wildman–Crippen LogP) is 3.63. The van der Waals surface area contributed by atoms with Gasteiger partial charge in [0.05, 0.1) is 24.9 Å². The molecule has 0 heterocycles. The van der Waals surface area contributed by atoms with Gasteiger partial charge in [0.2, 0.25) is 0 Å². The van der Waals surface area contributed by atoms with E-state index in [0.29, 0.717) is 13.2 Å². The van der Waals surface area contributed by atoms with Gasteiger partial charge >= 0.3 is 7.60 Å². The Labute approximate surface area is 127 Å². The van der Waals surface area contributed by atoms with Gasteiger partial charge in [-0.2, -0.15) is 0 Å². The predicted molar refractivity (Wildman–Crippen MR) is 83.5 cm³/mol. The molecule has 0 rings (SSSR count). The molecule has 0 fully saturated rings. The summed E-state index contributed by atoms with van der Waals surface area (Å²) in [6.45, 7) is 11.0. The van der Waals surface area contributed by atoms with Crippen molar-refractivity contribution in [1.29, 1.82) is 0 Å². The van der Waals surface area contributed by atoms with Crippen molar-refractivity contribution in [3.05, 3.63) is 11.6 Å². The Morgan fingerprint density at radius 3 is 1.62 bits per heavy atom. The molecule has 122 valence electrons. The highest BCUT2D eigenvalue weighted by Crippen LogP contribution is 2.49. The van der Waals surface area contributed by atoms with Crippen LogP contribution in [-0.2, 0) is 23.2 Å². The van der Waals surface area contributed by atoms with E-state index in [4.69, 9.17) is 9.05 Å². The molecule has 0 aromatic rings. The van der Waals surface area contributed by atoms with Crippen molar-refractivity contribution in [1.82, 2.24) is 0 Å². The van der Waals surface area contributed by atoms with E-state index in [0.717, 1.165) is 0 Å². The molecule has 0 aromatic carbocycles. The van der Waals surface area contributed by atoms with Gasteiger partial charge in [-0.25, -0.2) is 0 Å². The topological polar surface area (TPSA) is 69.7 Å². The number of rotatable bonds is 10. The van der Waals surface area contributed by atoms with Gasteiger partial charge in [0.25, 0.3) is 0 Å². The molecule has 6 heteroatoms. The minimum absolute atomic E-state index is 0.0384. The van der Waals surface area contributed by atoms with Crippen LogP contribution in [0.4, 0.5) is 0 Å². The molecule has 0 aliphatic heterocycles. The third kappa shape index (κ3) is 8.97. The number of hydrogen-bond donors (Lipinski definition) is 0. The maximum atomic E-state index is 12.7. The molecule has 0 bridgehead atoms. The standard InChI is InChI=1S/C15H27O5P/c1-11(2)9-19-21(18,20-10-12(3)4)8-7-15(13(5)16)14(6)17/h7,11-12H,8-10H2,1-6H3. The van der Waals surface area contributed by atoms with Crippen LogP contribution in [0.25, 0.3) is 0 Å². The molecular formula is C15H27O5P. The highest BCUT2D eigenvalue weighted by atomic mass is 31.2. The lowest BCUT2D eigenvalue weighted by molar-refractivity contribution is -0.119. The second-order valence-electron chi connectivity index (χ2n) is 5.90. The summed E-state index contributed by atoms with van der Waals surface area (Å²) in [5.74, 6) is -0.265. The Balaban J connectivity index is 5.03. The van der Waals surface area contributed by atoms with E-state index in [-0.39, 0.29) is 35.1 Å². The minimum atomic E-state index is -3.34. The molecule has 0 amide bonds. The van der Waals surface area contributed by atoms with Gasteiger partial charge in [0.1, 0.15) is 0 Å². The van der Waals surface area contributed by atoms with E-state index in [1.165, 1.54) is 19.9 Å². The molecule has 0 unspecified atom stereocenters. The van der Waals surface area contributed by atoms with E-state index in [2.05, 4.69) is 0 Å². The van der Waals surface area contributed by atoms with Crippen LogP contribution in [0.3, 0.4) is 0 Å². The molecule has 0 aliphatic carbocycles. The Morgan fingerprint density at radius 2 is 1.33 bits per heavy atom. The number of Topliss-reactive ketones (excluding diaryl/α,β-unsaturated/α-hetero) is 2. The van der Waals surface area contributed by atoms with Crippen LogP contribution < -0.4 is 0 Å². The molecule has 0 atom stereocenters. The molecule has 0 saturated heterocycles. The van der Waals surface area contributed by atoms with Crippen LogP contribution in [0.15, 0.2) is 11.6 Å². The Hall–Kier alpha value is -0.770. The largest absolute Gasteiger partial charge is 0.334 e. The lowest BCUT2D eigenvalue weighted by atomic mass is 10.1. The summed E-state index contributed by atoms with van der Waals surface area (Å²) in [5.41, 5.74) is 0.0384.